The summed E-state index contributed by atoms with van der Waals surface area (Å²) in [6.07, 6.45) is 2.97. The molecular formula is C24H28N8O2. The number of morpholine rings is 1. The number of anilines is 4. The van der Waals surface area contributed by atoms with Gasteiger partial charge in [-0.25, -0.2) is 4.98 Å². The molecule has 1 amide bonds. The van der Waals surface area contributed by atoms with E-state index in [0.29, 0.717) is 30.4 Å². The molecule has 2 fully saturated rings. The number of aromatic amines is 1. The molecule has 2 aliphatic heterocycles. The van der Waals surface area contributed by atoms with E-state index in [1.165, 1.54) is 6.21 Å². The molecule has 1 atom stereocenters. The van der Waals surface area contributed by atoms with Gasteiger partial charge in [0.1, 0.15) is 17.5 Å². The Balaban J connectivity index is 1.50. The molecule has 5 N–H and O–H groups in total. The first-order chi connectivity index (χ1) is 16.6. The molecule has 3 aromatic rings. The van der Waals surface area contributed by atoms with Gasteiger partial charge in [0.05, 0.1) is 31.4 Å². The number of benzene rings is 1. The fourth-order valence-corrected chi connectivity index (χ4v) is 4.14. The molecule has 0 bridgehead atoms. The summed E-state index contributed by atoms with van der Waals surface area (Å²) in [5.41, 5.74) is 3.22. The van der Waals surface area contributed by atoms with Gasteiger partial charge in [-0.05, 0) is 36.2 Å². The number of hydrogen-bond acceptors (Lipinski definition) is 8. The molecule has 10 heteroatoms. The van der Waals surface area contributed by atoms with E-state index in [4.69, 9.17) is 15.1 Å². The lowest BCUT2D eigenvalue weighted by Crippen LogP contribution is -2.48. The number of nitrogens with zero attached hydrogens (tertiary/aromatic N) is 3. The number of amides is 1. The minimum atomic E-state index is 0.0265. The summed E-state index contributed by atoms with van der Waals surface area (Å²) in [5, 5.41) is 24.4. The average Bonchev–Trinajstić information content (AvgIpc) is 3.31. The second-order valence-corrected chi connectivity index (χ2v) is 8.57. The number of H-pyrrole nitrogens is 1. The number of nitrogens with one attached hydrogen (secondary N) is 5. The summed E-state index contributed by atoms with van der Waals surface area (Å²) in [7, 11) is 0. The second-order valence-electron chi connectivity index (χ2n) is 8.57. The highest BCUT2D eigenvalue weighted by molar-refractivity contribution is 5.97. The molecule has 0 radical (unpaired) electrons. The molecule has 2 aromatic heterocycles. The molecule has 176 valence electrons. The van der Waals surface area contributed by atoms with E-state index in [2.05, 4.69) is 38.0 Å². The van der Waals surface area contributed by atoms with Gasteiger partial charge in [0, 0.05) is 43.2 Å². The van der Waals surface area contributed by atoms with E-state index >= 15 is 0 Å². The lowest BCUT2D eigenvalue weighted by molar-refractivity contribution is -0.121. The lowest BCUT2D eigenvalue weighted by atomic mass is 9.99. The van der Waals surface area contributed by atoms with Crippen molar-refractivity contribution in [2.75, 3.05) is 48.4 Å². The Morgan fingerprint density at radius 2 is 2.09 bits per heavy atom. The molecule has 5 rings (SSSR count). The molecule has 2 saturated heterocycles. The Hall–Kier alpha value is -3.76. The van der Waals surface area contributed by atoms with Crippen molar-refractivity contribution in [3.63, 3.8) is 0 Å². The molecule has 0 unspecified atom stereocenters. The van der Waals surface area contributed by atoms with E-state index in [0.717, 1.165) is 42.3 Å². The van der Waals surface area contributed by atoms with Crippen LogP contribution in [0.15, 0.2) is 42.6 Å². The fourth-order valence-electron chi connectivity index (χ4n) is 4.14. The number of hydrogen-bond donors (Lipinski definition) is 5. The number of carbonyl (C=O) groups is 1. The Morgan fingerprint density at radius 1 is 1.26 bits per heavy atom. The SMILES string of the molecule is C[C@@H]1COCCN1c1cc(-c2ccc(NC(=O)C3CNC3)cc2)c(C=N)c(Nc2ccn[nH]2)n1. The second kappa shape index (κ2) is 9.62. The summed E-state index contributed by atoms with van der Waals surface area (Å²) in [6.45, 7) is 5.57. The van der Waals surface area contributed by atoms with E-state index in [1.54, 1.807) is 6.20 Å². The molecule has 2 aliphatic rings. The van der Waals surface area contributed by atoms with Crippen LogP contribution in [0.2, 0.25) is 0 Å². The highest BCUT2D eigenvalue weighted by Crippen LogP contribution is 2.34. The van der Waals surface area contributed by atoms with E-state index in [1.807, 2.05) is 36.4 Å². The summed E-state index contributed by atoms with van der Waals surface area (Å²) in [4.78, 5) is 19.4. The van der Waals surface area contributed by atoms with Crippen LogP contribution in [0.5, 0.6) is 0 Å². The van der Waals surface area contributed by atoms with Crippen molar-refractivity contribution in [3.05, 3.63) is 48.2 Å². The van der Waals surface area contributed by atoms with Crippen LogP contribution in [0.1, 0.15) is 12.5 Å². The zero-order valence-corrected chi connectivity index (χ0v) is 19.0. The highest BCUT2D eigenvalue weighted by Gasteiger charge is 2.25. The number of aromatic nitrogens is 3. The summed E-state index contributed by atoms with van der Waals surface area (Å²) < 4.78 is 5.61. The first-order valence-corrected chi connectivity index (χ1v) is 11.4. The third-order valence-electron chi connectivity index (χ3n) is 6.22. The van der Waals surface area contributed by atoms with Crippen molar-refractivity contribution in [3.8, 4) is 11.1 Å². The standard InChI is InChI=1S/C24H28N8O2/c1-15-14-34-9-8-32(15)22-10-19(20(11-25)23(30-22)29-21-6-7-27-31-21)16-2-4-18(5-3-16)28-24(33)17-12-26-13-17/h2-7,10-11,15,17,25-26H,8-9,12-14H2,1H3,(H,28,33)(H2,27,29,30,31)/t15-/m1/s1. The molecule has 0 spiro atoms. The van der Waals surface area contributed by atoms with Gasteiger partial charge in [-0.2, -0.15) is 5.10 Å². The summed E-state index contributed by atoms with van der Waals surface area (Å²) in [5.74, 6) is 2.13. The van der Waals surface area contributed by atoms with Crippen molar-refractivity contribution in [2.45, 2.75) is 13.0 Å². The van der Waals surface area contributed by atoms with Crippen LogP contribution in [0.3, 0.4) is 0 Å². The maximum Gasteiger partial charge on any atom is 0.230 e. The quantitative estimate of drug-likeness (QED) is 0.343. The number of rotatable bonds is 7. The molecule has 0 aliphatic carbocycles. The fraction of sp³-hybridized carbons (Fsp3) is 0.333. The predicted octanol–water partition coefficient (Wildman–Crippen LogP) is 2.60. The van der Waals surface area contributed by atoms with Crippen molar-refractivity contribution in [2.24, 2.45) is 5.92 Å². The lowest BCUT2D eigenvalue weighted by Gasteiger charge is -2.35. The zero-order valence-electron chi connectivity index (χ0n) is 19.0. The minimum Gasteiger partial charge on any atom is -0.377 e. The molecule has 10 nitrogen and oxygen atoms in total. The van der Waals surface area contributed by atoms with Crippen LogP contribution in [-0.4, -0.2) is 66.2 Å². The van der Waals surface area contributed by atoms with Crippen LogP contribution in [0.25, 0.3) is 11.1 Å². The van der Waals surface area contributed by atoms with Crippen molar-refractivity contribution in [1.29, 1.82) is 5.41 Å². The van der Waals surface area contributed by atoms with Gasteiger partial charge < -0.3 is 31.0 Å². The molecule has 34 heavy (non-hydrogen) atoms. The summed E-state index contributed by atoms with van der Waals surface area (Å²) in [6, 6.07) is 11.7. The Morgan fingerprint density at radius 3 is 2.74 bits per heavy atom. The predicted molar refractivity (Wildman–Crippen MR) is 132 cm³/mol. The van der Waals surface area contributed by atoms with Gasteiger partial charge in [-0.3, -0.25) is 9.89 Å². The maximum absolute atomic E-state index is 12.3. The van der Waals surface area contributed by atoms with Gasteiger partial charge in [-0.1, -0.05) is 12.1 Å². The third kappa shape index (κ3) is 4.50. The number of pyridine rings is 1. The minimum absolute atomic E-state index is 0.0265. The number of ether oxygens (including phenoxy) is 1. The molecule has 4 heterocycles. The molecule has 0 saturated carbocycles. The first kappa shape index (κ1) is 22.1. The van der Waals surface area contributed by atoms with Crippen molar-refractivity contribution >= 4 is 35.3 Å². The van der Waals surface area contributed by atoms with Crippen LogP contribution in [-0.2, 0) is 9.53 Å². The van der Waals surface area contributed by atoms with Crippen molar-refractivity contribution in [1.82, 2.24) is 20.5 Å². The van der Waals surface area contributed by atoms with Gasteiger partial charge in [0.15, 0.2) is 0 Å². The van der Waals surface area contributed by atoms with Gasteiger partial charge in [-0.15, -0.1) is 0 Å². The van der Waals surface area contributed by atoms with Crippen molar-refractivity contribution < 1.29 is 9.53 Å². The normalized spacial score (nSPS) is 18.3. The van der Waals surface area contributed by atoms with E-state index in [9.17, 15) is 4.79 Å². The molecular weight excluding hydrogens is 432 g/mol. The number of carbonyl (C=O) groups excluding carboxylic acids is 1. The van der Waals surface area contributed by atoms with E-state index < -0.39 is 0 Å². The molecule has 1 aromatic carbocycles. The van der Waals surface area contributed by atoms with Crippen LogP contribution in [0, 0.1) is 11.3 Å². The van der Waals surface area contributed by atoms with Gasteiger partial charge in [0.2, 0.25) is 5.91 Å². The topological polar surface area (TPSA) is 131 Å². The Labute approximate surface area is 197 Å². The maximum atomic E-state index is 12.3. The zero-order chi connectivity index (χ0) is 23.5. The first-order valence-electron chi connectivity index (χ1n) is 11.4. The monoisotopic (exact) mass is 460 g/mol. The van der Waals surface area contributed by atoms with Crippen LogP contribution in [0.4, 0.5) is 23.1 Å². The highest BCUT2D eigenvalue weighted by atomic mass is 16.5. The average molecular weight is 461 g/mol. The van der Waals surface area contributed by atoms with Gasteiger partial charge >= 0.3 is 0 Å². The van der Waals surface area contributed by atoms with Crippen LogP contribution >= 0.6 is 0 Å². The van der Waals surface area contributed by atoms with Crippen LogP contribution < -0.4 is 20.9 Å². The third-order valence-corrected chi connectivity index (χ3v) is 6.22. The smallest absolute Gasteiger partial charge is 0.230 e. The summed E-state index contributed by atoms with van der Waals surface area (Å²) >= 11 is 0. The van der Waals surface area contributed by atoms with Gasteiger partial charge in [0.25, 0.3) is 0 Å². The van der Waals surface area contributed by atoms with E-state index in [-0.39, 0.29) is 17.9 Å². The largest absolute Gasteiger partial charge is 0.377 e. The Kier molecular flexibility index (Phi) is 6.24. The Bertz CT molecular complexity index is 1160.